The van der Waals surface area contributed by atoms with Gasteiger partial charge in [-0.15, -0.1) is 6.58 Å². The van der Waals surface area contributed by atoms with Gasteiger partial charge in [0.05, 0.1) is 5.69 Å². The second kappa shape index (κ2) is 7.19. The molecule has 2 nitrogen and oxygen atoms in total. The van der Waals surface area contributed by atoms with E-state index in [9.17, 15) is 0 Å². The molecule has 0 saturated carbocycles. The molecule has 0 radical (unpaired) electrons. The molecule has 0 aromatic heterocycles. The third kappa shape index (κ3) is 4.26. The fourth-order valence-corrected chi connectivity index (χ4v) is 2.14. The lowest BCUT2D eigenvalue weighted by atomic mass is 10.0. The molecule has 2 N–H and O–H groups in total. The number of nitrogens with two attached hydrogens (primary N) is 1. The Morgan fingerprint density at radius 3 is 2.36 bits per heavy atom. The van der Waals surface area contributed by atoms with E-state index in [-0.39, 0.29) is 5.84 Å². The number of hydrogen-bond donors (Lipinski definition) is 1. The molecule has 5 heteroatoms. The van der Waals surface area contributed by atoms with Gasteiger partial charge in [0.15, 0.2) is 5.84 Å². The first-order valence-electron chi connectivity index (χ1n) is 6.62. The van der Waals surface area contributed by atoms with Gasteiger partial charge >= 0.3 is 0 Å². The molecule has 22 heavy (non-hydrogen) atoms. The largest absolute Gasteiger partial charge is 0.384 e. The van der Waals surface area contributed by atoms with Gasteiger partial charge in [0, 0.05) is 0 Å². The van der Waals surface area contributed by atoms with Crippen molar-refractivity contribution in [3.8, 4) is 11.1 Å². The van der Waals surface area contributed by atoms with Crippen LogP contribution >= 0.6 is 34.8 Å². The maximum Gasteiger partial charge on any atom is 0.247 e. The molecule has 0 saturated heterocycles. The summed E-state index contributed by atoms with van der Waals surface area (Å²) in [5.41, 5.74) is 9.57. The SMILES string of the molecule is C=CCc1cc(-c2ccccc2)ccc1N=C(N)C(Cl)(Cl)Cl. The highest BCUT2D eigenvalue weighted by Gasteiger charge is 2.25. The molecule has 0 aliphatic heterocycles. The zero-order valence-corrected chi connectivity index (χ0v) is 14.0. The van der Waals surface area contributed by atoms with Crippen LogP contribution in [0.1, 0.15) is 5.56 Å². The predicted molar refractivity (Wildman–Crippen MR) is 97.4 cm³/mol. The number of allylic oxidation sites excluding steroid dienone is 1. The average Bonchev–Trinajstić information content (AvgIpc) is 2.49. The van der Waals surface area contributed by atoms with E-state index in [1.807, 2.05) is 48.5 Å². The number of hydrogen-bond acceptors (Lipinski definition) is 1. The van der Waals surface area contributed by atoms with Crippen LogP contribution in [0.2, 0.25) is 0 Å². The molecule has 0 fully saturated rings. The normalized spacial score (nSPS) is 12.2. The van der Waals surface area contributed by atoms with E-state index in [4.69, 9.17) is 40.5 Å². The topological polar surface area (TPSA) is 38.4 Å². The van der Waals surface area contributed by atoms with E-state index in [2.05, 4.69) is 11.6 Å². The van der Waals surface area contributed by atoms with Crippen molar-refractivity contribution in [2.45, 2.75) is 10.2 Å². The first-order chi connectivity index (χ1) is 10.4. The second-order valence-electron chi connectivity index (χ2n) is 4.70. The molecule has 2 aromatic rings. The zero-order valence-electron chi connectivity index (χ0n) is 11.8. The molecule has 0 aliphatic carbocycles. The molecule has 0 aliphatic rings. The Kier molecular flexibility index (Phi) is 5.52. The number of halogens is 3. The minimum atomic E-state index is -1.72. The number of benzene rings is 2. The maximum atomic E-state index is 5.75. The molecule has 0 bridgehead atoms. The smallest absolute Gasteiger partial charge is 0.247 e. The van der Waals surface area contributed by atoms with Crippen molar-refractivity contribution in [2.75, 3.05) is 0 Å². The molecule has 2 aromatic carbocycles. The standard InChI is InChI=1S/C17H15Cl3N2/c1-2-6-14-11-13(12-7-4-3-5-8-12)9-10-15(14)22-16(21)17(18,19)20/h2-5,7-11H,1,6H2,(H2,21,22). The van der Waals surface area contributed by atoms with Crippen LogP contribution in [0.4, 0.5) is 5.69 Å². The van der Waals surface area contributed by atoms with Crippen molar-refractivity contribution >= 4 is 46.3 Å². The van der Waals surface area contributed by atoms with Gasteiger partial charge in [-0.2, -0.15) is 0 Å². The van der Waals surface area contributed by atoms with E-state index in [1.165, 1.54) is 0 Å². The summed E-state index contributed by atoms with van der Waals surface area (Å²) >= 11 is 17.2. The lowest BCUT2D eigenvalue weighted by Crippen LogP contribution is -2.27. The summed E-state index contributed by atoms with van der Waals surface area (Å²) in [6.07, 6.45) is 2.45. The first kappa shape index (κ1) is 16.9. The highest BCUT2D eigenvalue weighted by atomic mass is 35.6. The third-order valence-electron chi connectivity index (χ3n) is 3.08. The van der Waals surface area contributed by atoms with Crippen molar-refractivity contribution in [3.63, 3.8) is 0 Å². The van der Waals surface area contributed by atoms with Crippen molar-refractivity contribution in [2.24, 2.45) is 10.7 Å². The fourth-order valence-electron chi connectivity index (χ4n) is 2.02. The van der Waals surface area contributed by atoms with Crippen LogP contribution in [-0.4, -0.2) is 9.63 Å². The first-order valence-corrected chi connectivity index (χ1v) is 7.76. The minimum Gasteiger partial charge on any atom is -0.384 e. The van der Waals surface area contributed by atoms with Crippen LogP contribution in [0, 0.1) is 0 Å². The van der Waals surface area contributed by atoms with Gasteiger partial charge in [0.2, 0.25) is 3.79 Å². The van der Waals surface area contributed by atoms with Gasteiger partial charge in [-0.1, -0.05) is 77.3 Å². The van der Waals surface area contributed by atoms with Gasteiger partial charge < -0.3 is 5.73 Å². The van der Waals surface area contributed by atoms with E-state index in [0.717, 1.165) is 16.7 Å². The Morgan fingerprint density at radius 2 is 1.77 bits per heavy atom. The van der Waals surface area contributed by atoms with Gasteiger partial charge in [-0.25, -0.2) is 4.99 Å². The summed E-state index contributed by atoms with van der Waals surface area (Å²) in [6.45, 7) is 3.77. The molecule has 0 heterocycles. The highest BCUT2D eigenvalue weighted by molar-refractivity contribution is 6.76. The van der Waals surface area contributed by atoms with Crippen LogP contribution in [0.5, 0.6) is 0 Å². The summed E-state index contributed by atoms with van der Waals surface area (Å²) in [6, 6.07) is 15.9. The molecule has 0 atom stereocenters. The summed E-state index contributed by atoms with van der Waals surface area (Å²) < 4.78 is -1.72. The molecule has 0 amide bonds. The minimum absolute atomic E-state index is 0.0599. The molecule has 2 rings (SSSR count). The van der Waals surface area contributed by atoms with E-state index >= 15 is 0 Å². The van der Waals surface area contributed by atoms with Crippen molar-refractivity contribution in [1.29, 1.82) is 0 Å². The fraction of sp³-hybridized carbons (Fsp3) is 0.118. The van der Waals surface area contributed by atoms with Gasteiger partial charge in [0.1, 0.15) is 0 Å². The van der Waals surface area contributed by atoms with Crippen molar-refractivity contribution in [3.05, 3.63) is 66.7 Å². The van der Waals surface area contributed by atoms with Gasteiger partial charge in [-0.3, -0.25) is 0 Å². The summed E-state index contributed by atoms with van der Waals surface area (Å²) in [5.74, 6) is -0.0599. The number of rotatable bonds is 4. The van der Waals surface area contributed by atoms with Gasteiger partial charge in [-0.05, 0) is 35.2 Å². The quantitative estimate of drug-likeness (QED) is 0.338. The average molecular weight is 354 g/mol. The maximum absolute atomic E-state index is 5.75. The molecular formula is C17H15Cl3N2. The molecule has 0 unspecified atom stereocenters. The molecular weight excluding hydrogens is 339 g/mol. The number of amidine groups is 1. The second-order valence-corrected chi connectivity index (χ2v) is 6.98. The van der Waals surface area contributed by atoms with E-state index in [0.29, 0.717) is 12.1 Å². The van der Waals surface area contributed by atoms with Crippen LogP contribution < -0.4 is 5.73 Å². The Bertz CT molecular complexity index is 689. The Balaban J connectivity index is 2.47. The predicted octanol–water partition coefficient (Wildman–Crippen LogP) is 5.44. The van der Waals surface area contributed by atoms with E-state index < -0.39 is 3.79 Å². The number of aliphatic imine (C=N–C) groups is 1. The van der Waals surface area contributed by atoms with Crippen molar-refractivity contribution in [1.82, 2.24) is 0 Å². The lowest BCUT2D eigenvalue weighted by Gasteiger charge is -2.12. The highest BCUT2D eigenvalue weighted by Crippen LogP contribution is 2.31. The summed E-state index contributed by atoms with van der Waals surface area (Å²) in [7, 11) is 0. The Labute approximate surface area is 145 Å². The molecule has 114 valence electrons. The Hall–Kier alpha value is -1.48. The van der Waals surface area contributed by atoms with Gasteiger partial charge in [0.25, 0.3) is 0 Å². The summed E-state index contributed by atoms with van der Waals surface area (Å²) in [5, 5.41) is 0. The monoisotopic (exact) mass is 352 g/mol. The zero-order chi connectivity index (χ0) is 16.2. The van der Waals surface area contributed by atoms with Crippen LogP contribution in [0.25, 0.3) is 11.1 Å². The molecule has 0 spiro atoms. The Morgan fingerprint density at radius 1 is 1.09 bits per heavy atom. The third-order valence-corrected chi connectivity index (χ3v) is 3.66. The van der Waals surface area contributed by atoms with E-state index in [1.54, 1.807) is 6.08 Å². The van der Waals surface area contributed by atoms with Crippen LogP contribution in [-0.2, 0) is 6.42 Å². The summed E-state index contributed by atoms with van der Waals surface area (Å²) in [4.78, 5) is 4.23. The van der Waals surface area contributed by atoms with Crippen LogP contribution in [0.15, 0.2) is 66.2 Å². The lowest BCUT2D eigenvalue weighted by molar-refractivity contribution is 1.24. The number of alkyl halides is 3. The number of nitrogens with zero attached hydrogens (tertiary/aromatic N) is 1. The van der Waals surface area contributed by atoms with Crippen molar-refractivity contribution < 1.29 is 0 Å². The van der Waals surface area contributed by atoms with Crippen LogP contribution in [0.3, 0.4) is 0 Å².